The van der Waals surface area contributed by atoms with Crippen molar-refractivity contribution in [2.45, 2.75) is 12.5 Å². The molecule has 1 amide bonds. The number of hydrogen-bond acceptors (Lipinski definition) is 5. The second-order valence-corrected chi connectivity index (χ2v) is 5.17. The maximum atomic E-state index is 12.1. The molecule has 4 rings (SSSR count). The zero-order valence-electron chi connectivity index (χ0n) is 11.5. The third-order valence-electron chi connectivity index (χ3n) is 3.64. The number of benzene rings is 2. The largest absolute Gasteiger partial charge is 0.508 e. The van der Waals surface area contributed by atoms with Crippen LogP contribution in [0.25, 0.3) is 0 Å². The highest BCUT2D eigenvalue weighted by molar-refractivity contribution is 5.98. The van der Waals surface area contributed by atoms with Crippen LogP contribution < -0.4 is 19.5 Å². The number of phenols is 1. The quantitative estimate of drug-likeness (QED) is 0.830. The maximum absolute atomic E-state index is 12.1. The fraction of sp³-hybridized carbons (Fsp3) is 0.188. The summed E-state index contributed by atoms with van der Waals surface area (Å²) in [4.78, 5) is 12.1. The number of aromatic hydroxyl groups is 1. The van der Waals surface area contributed by atoms with E-state index in [1.54, 1.807) is 6.07 Å². The second-order valence-electron chi connectivity index (χ2n) is 5.17. The fourth-order valence-corrected chi connectivity index (χ4v) is 2.55. The first-order chi connectivity index (χ1) is 10.7. The third-order valence-corrected chi connectivity index (χ3v) is 3.64. The van der Waals surface area contributed by atoms with Crippen LogP contribution in [0.5, 0.6) is 23.0 Å². The average molecular weight is 299 g/mol. The van der Waals surface area contributed by atoms with Crippen molar-refractivity contribution in [2.75, 3.05) is 12.1 Å². The molecule has 2 aromatic rings. The zero-order chi connectivity index (χ0) is 15.1. The molecule has 0 saturated carbocycles. The molecule has 6 nitrogen and oxygen atoms in total. The minimum Gasteiger partial charge on any atom is -0.508 e. The Bertz CT molecular complexity index is 758. The molecule has 0 aromatic heterocycles. The number of ether oxygens (including phenoxy) is 3. The zero-order valence-corrected chi connectivity index (χ0v) is 11.5. The van der Waals surface area contributed by atoms with Crippen LogP contribution >= 0.6 is 0 Å². The van der Waals surface area contributed by atoms with Gasteiger partial charge in [-0.3, -0.25) is 4.79 Å². The molecule has 2 aromatic carbocycles. The molecular weight excluding hydrogens is 286 g/mol. The lowest BCUT2D eigenvalue weighted by molar-refractivity contribution is -0.123. The first kappa shape index (κ1) is 12.8. The number of anilines is 1. The molecule has 1 atom stereocenters. The van der Waals surface area contributed by atoms with Crippen LogP contribution in [0.2, 0.25) is 0 Å². The number of hydrogen-bond donors (Lipinski definition) is 2. The minimum atomic E-state index is -0.658. The first-order valence-electron chi connectivity index (χ1n) is 6.88. The normalized spacial score (nSPS) is 18.4. The van der Waals surface area contributed by atoms with Crippen molar-refractivity contribution in [3.8, 4) is 23.0 Å². The van der Waals surface area contributed by atoms with Gasteiger partial charge in [-0.1, -0.05) is 6.07 Å². The Morgan fingerprint density at radius 3 is 2.86 bits per heavy atom. The van der Waals surface area contributed by atoms with Crippen molar-refractivity contribution in [3.63, 3.8) is 0 Å². The van der Waals surface area contributed by atoms with E-state index in [0.29, 0.717) is 29.4 Å². The summed E-state index contributed by atoms with van der Waals surface area (Å²) in [5.41, 5.74) is 1.47. The summed E-state index contributed by atoms with van der Waals surface area (Å²) in [5, 5.41) is 12.3. The highest BCUT2D eigenvalue weighted by Gasteiger charge is 2.28. The lowest BCUT2D eigenvalue weighted by Crippen LogP contribution is -2.38. The van der Waals surface area contributed by atoms with Gasteiger partial charge in [0, 0.05) is 12.5 Å². The highest BCUT2D eigenvalue weighted by atomic mass is 16.7. The van der Waals surface area contributed by atoms with Crippen LogP contribution in [0, 0.1) is 0 Å². The number of phenolic OH excluding ortho intramolecular Hbond substituents is 1. The van der Waals surface area contributed by atoms with E-state index in [1.807, 2.05) is 18.2 Å². The topological polar surface area (TPSA) is 77.0 Å². The van der Waals surface area contributed by atoms with E-state index in [4.69, 9.17) is 14.2 Å². The number of fused-ring (bicyclic) bond motifs is 2. The van der Waals surface area contributed by atoms with Crippen molar-refractivity contribution in [2.24, 2.45) is 0 Å². The van der Waals surface area contributed by atoms with Gasteiger partial charge >= 0.3 is 0 Å². The lowest BCUT2D eigenvalue weighted by atomic mass is 10.1. The second kappa shape index (κ2) is 4.84. The molecular formula is C16H13NO5. The van der Waals surface area contributed by atoms with Gasteiger partial charge in [0.05, 0.1) is 5.69 Å². The summed E-state index contributed by atoms with van der Waals surface area (Å²) >= 11 is 0. The molecule has 112 valence electrons. The lowest BCUT2D eigenvalue weighted by Gasteiger charge is -2.26. The summed E-state index contributed by atoms with van der Waals surface area (Å²) in [6, 6.07) is 10.1. The van der Waals surface area contributed by atoms with Gasteiger partial charge in [-0.25, -0.2) is 0 Å². The summed E-state index contributed by atoms with van der Waals surface area (Å²) < 4.78 is 16.3. The molecule has 2 aliphatic heterocycles. The van der Waals surface area contributed by atoms with E-state index in [0.717, 1.165) is 5.56 Å². The molecule has 0 bridgehead atoms. The predicted octanol–water partition coefficient (Wildman–Crippen LogP) is 2.06. The molecule has 0 radical (unpaired) electrons. The van der Waals surface area contributed by atoms with Crippen LogP contribution in [0.4, 0.5) is 5.69 Å². The van der Waals surface area contributed by atoms with Gasteiger partial charge in [-0.15, -0.1) is 0 Å². The van der Waals surface area contributed by atoms with Crippen LogP contribution in [0.15, 0.2) is 36.4 Å². The summed E-state index contributed by atoms with van der Waals surface area (Å²) in [6.45, 7) is 0.214. The first-order valence-corrected chi connectivity index (χ1v) is 6.88. The molecule has 0 saturated heterocycles. The number of rotatable bonds is 2. The van der Waals surface area contributed by atoms with Gasteiger partial charge in [0.2, 0.25) is 6.79 Å². The van der Waals surface area contributed by atoms with E-state index in [2.05, 4.69) is 5.32 Å². The monoisotopic (exact) mass is 299 g/mol. The fourth-order valence-electron chi connectivity index (χ4n) is 2.55. The third kappa shape index (κ3) is 2.18. The summed E-state index contributed by atoms with van der Waals surface area (Å²) in [7, 11) is 0. The molecule has 2 N–H and O–H groups in total. The van der Waals surface area contributed by atoms with Crippen LogP contribution in [-0.4, -0.2) is 23.9 Å². The number of amides is 1. The Morgan fingerprint density at radius 2 is 1.95 bits per heavy atom. The van der Waals surface area contributed by atoms with E-state index in [1.165, 1.54) is 12.1 Å². The van der Waals surface area contributed by atoms with Gasteiger partial charge in [0.15, 0.2) is 17.6 Å². The van der Waals surface area contributed by atoms with E-state index in [9.17, 15) is 9.90 Å². The Hall–Kier alpha value is -2.89. The Morgan fingerprint density at radius 1 is 1.09 bits per heavy atom. The molecule has 2 heterocycles. The van der Waals surface area contributed by atoms with E-state index < -0.39 is 6.10 Å². The van der Waals surface area contributed by atoms with Gasteiger partial charge in [-0.2, -0.15) is 0 Å². The number of carbonyl (C=O) groups excluding carboxylic acids is 1. The molecule has 1 unspecified atom stereocenters. The highest BCUT2D eigenvalue weighted by Crippen LogP contribution is 2.35. The number of carbonyl (C=O) groups is 1. The molecule has 0 aliphatic carbocycles. The number of nitrogens with one attached hydrogen (secondary N) is 1. The van der Waals surface area contributed by atoms with Gasteiger partial charge in [0.25, 0.3) is 5.91 Å². The molecule has 0 fully saturated rings. The molecule has 22 heavy (non-hydrogen) atoms. The van der Waals surface area contributed by atoms with Crippen LogP contribution in [-0.2, 0) is 11.2 Å². The van der Waals surface area contributed by atoms with Crippen molar-refractivity contribution in [1.82, 2.24) is 0 Å². The standard InChI is InChI=1S/C16H13NO5/c18-10-2-3-11-13(7-10)22-15(16(19)17-11)6-9-1-4-12-14(5-9)21-8-20-12/h1-5,7,15,18H,6,8H2,(H,17,19). The van der Waals surface area contributed by atoms with Crippen LogP contribution in [0.3, 0.4) is 0 Å². The van der Waals surface area contributed by atoms with E-state index >= 15 is 0 Å². The maximum Gasteiger partial charge on any atom is 0.265 e. The van der Waals surface area contributed by atoms with E-state index in [-0.39, 0.29) is 18.4 Å². The van der Waals surface area contributed by atoms with Gasteiger partial charge in [-0.05, 0) is 29.8 Å². The molecule has 6 heteroatoms. The van der Waals surface area contributed by atoms with Crippen molar-refractivity contribution >= 4 is 11.6 Å². The van der Waals surface area contributed by atoms with Gasteiger partial charge in [0.1, 0.15) is 11.5 Å². The van der Waals surface area contributed by atoms with Crippen molar-refractivity contribution < 1.29 is 24.1 Å². The van der Waals surface area contributed by atoms with Crippen molar-refractivity contribution in [3.05, 3.63) is 42.0 Å². The Labute approximate surface area is 126 Å². The average Bonchev–Trinajstić information content (AvgIpc) is 2.96. The SMILES string of the molecule is O=C1Nc2ccc(O)cc2OC1Cc1ccc2c(c1)OCO2. The molecule has 2 aliphatic rings. The Balaban J connectivity index is 1.57. The van der Waals surface area contributed by atoms with Crippen molar-refractivity contribution in [1.29, 1.82) is 0 Å². The summed E-state index contributed by atoms with van der Waals surface area (Å²) in [5.74, 6) is 1.72. The Kier molecular flexibility index (Phi) is 2.82. The summed E-state index contributed by atoms with van der Waals surface area (Å²) in [6.07, 6.45) is -0.257. The smallest absolute Gasteiger partial charge is 0.265 e. The van der Waals surface area contributed by atoms with Crippen LogP contribution in [0.1, 0.15) is 5.56 Å². The predicted molar refractivity (Wildman–Crippen MR) is 77.4 cm³/mol. The van der Waals surface area contributed by atoms with Gasteiger partial charge < -0.3 is 24.6 Å². The minimum absolute atomic E-state index is 0.0942. The molecule has 0 spiro atoms.